The zero-order valence-corrected chi connectivity index (χ0v) is 15.1. The molecule has 0 spiro atoms. The van der Waals surface area contributed by atoms with Gasteiger partial charge in [-0.3, -0.25) is 4.79 Å². The second kappa shape index (κ2) is 8.12. The van der Waals surface area contributed by atoms with Gasteiger partial charge in [0, 0.05) is 16.6 Å². The highest BCUT2D eigenvalue weighted by Gasteiger charge is 2.23. The van der Waals surface area contributed by atoms with E-state index < -0.39 is 27.0 Å². The van der Waals surface area contributed by atoms with E-state index in [1.54, 1.807) is 38.1 Å². The number of nitrogens with two attached hydrogens (primary N) is 1. The van der Waals surface area contributed by atoms with E-state index in [0.717, 1.165) is 4.47 Å². The highest BCUT2D eigenvalue weighted by molar-refractivity contribution is 9.10. The first-order chi connectivity index (χ1) is 9.13. The minimum Gasteiger partial charge on any atom is -0.349 e. The molecule has 0 atom stereocenters. The molecule has 8 heteroatoms. The maximum Gasteiger partial charge on any atom is 0.235 e. The van der Waals surface area contributed by atoms with Gasteiger partial charge in [-0.25, -0.2) is 8.42 Å². The number of hydrogen-bond acceptors (Lipinski definition) is 4. The molecular weight excluding hydrogens is 380 g/mol. The van der Waals surface area contributed by atoms with Gasteiger partial charge >= 0.3 is 0 Å². The summed E-state index contributed by atoms with van der Waals surface area (Å²) in [6, 6.07) is 6.96. The molecule has 0 aromatic heterocycles. The quantitative estimate of drug-likeness (QED) is 0.761. The van der Waals surface area contributed by atoms with Crippen molar-refractivity contribution in [2.24, 2.45) is 5.73 Å². The summed E-state index contributed by atoms with van der Waals surface area (Å²) in [7, 11) is -3.50. The molecule has 0 aliphatic heterocycles. The number of rotatable bonds is 6. The van der Waals surface area contributed by atoms with Crippen LogP contribution in [-0.4, -0.2) is 32.2 Å². The minimum atomic E-state index is -3.50. The van der Waals surface area contributed by atoms with Gasteiger partial charge in [0.15, 0.2) is 9.84 Å². The number of carbonyl (C=O) groups excluding carboxylic acids is 1. The van der Waals surface area contributed by atoms with Crippen molar-refractivity contribution in [3.8, 4) is 0 Å². The Labute approximate surface area is 140 Å². The van der Waals surface area contributed by atoms with Crippen molar-refractivity contribution in [3.05, 3.63) is 34.3 Å². The molecule has 0 fully saturated rings. The van der Waals surface area contributed by atoms with Gasteiger partial charge in [0.25, 0.3) is 0 Å². The summed E-state index contributed by atoms with van der Waals surface area (Å²) in [5.74, 6) is -1.22. The van der Waals surface area contributed by atoms with Crippen molar-refractivity contribution in [1.82, 2.24) is 5.32 Å². The highest BCUT2D eigenvalue weighted by atomic mass is 79.9. The van der Waals surface area contributed by atoms with Gasteiger partial charge < -0.3 is 11.1 Å². The lowest BCUT2D eigenvalue weighted by atomic mass is 10.1. The van der Waals surface area contributed by atoms with E-state index in [-0.39, 0.29) is 24.7 Å². The number of amides is 1. The summed E-state index contributed by atoms with van der Waals surface area (Å²) in [5, 5.41) is 2.61. The lowest BCUT2D eigenvalue weighted by Crippen LogP contribution is -2.50. The lowest BCUT2D eigenvalue weighted by molar-refractivity contribution is -0.120. The van der Waals surface area contributed by atoms with Crippen LogP contribution < -0.4 is 11.1 Å². The summed E-state index contributed by atoms with van der Waals surface area (Å²) in [6.07, 6.45) is 0. The van der Waals surface area contributed by atoms with Gasteiger partial charge in [0.1, 0.15) is 5.75 Å². The molecule has 1 amide bonds. The number of hydrogen-bond donors (Lipinski definition) is 2. The van der Waals surface area contributed by atoms with Crippen molar-refractivity contribution in [2.75, 3.05) is 12.3 Å². The first-order valence-electron chi connectivity index (χ1n) is 6.09. The Morgan fingerprint density at radius 3 is 2.29 bits per heavy atom. The SMILES string of the molecule is CC(C)(CN)NC(=O)CS(=O)(=O)Cc1ccc(Br)cc1.Cl. The van der Waals surface area contributed by atoms with Crippen molar-refractivity contribution in [2.45, 2.75) is 25.1 Å². The fourth-order valence-corrected chi connectivity index (χ4v) is 3.09. The van der Waals surface area contributed by atoms with Crippen LogP contribution in [0.1, 0.15) is 19.4 Å². The number of carbonyl (C=O) groups is 1. The van der Waals surface area contributed by atoms with Crippen molar-refractivity contribution in [3.63, 3.8) is 0 Å². The molecule has 1 aromatic rings. The van der Waals surface area contributed by atoms with Crippen LogP contribution in [0, 0.1) is 0 Å². The molecule has 0 heterocycles. The van der Waals surface area contributed by atoms with Crippen LogP contribution in [0.15, 0.2) is 28.7 Å². The number of sulfone groups is 1. The summed E-state index contributed by atoms with van der Waals surface area (Å²) < 4.78 is 24.8. The summed E-state index contributed by atoms with van der Waals surface area (Å²) >= 11 is 3.28. The van der Waals surface area contributed by atoms with Gasteiger partial charge in [-0.2, -0.15) is 0 Å². The van der Waals surface area contributed by atoms with E-state index in [1.165, 1.54) is 0 Å². The average molecular weight is 400 g/mol. The molecule has 5 nitrogen and oxygen atoms in total. The normalized spacial score (nSPS) is 11.6. The average Bonchev–Trinajstić information content (AvgIpc) is 2.30. The topological polar surface area (TPSA) is 89.3 Å². The van der Waals surface area contributed by atoms with E-state index in [4.69, 9.17) is 5.73 Å². The molecule has 120 valence electrons. The molecule has 1 aromatic carbocycles. The van der Waals surface area contributed by atoms with Crippen molar-refractivity contribution in [1.29, 1.82) is 0 Å². The molecule has 0 radical (unpaired) electrons. The maximum absolute atomic E-state index is 12.0. The Kier molecular flexibility index (Phi) is 7.88. The first-order valence-corrected chi connectivity index (χ1v) is 8.71. The van der Waals surface area contributed by atoms with Gasteiger partial charge in [-0.1, -0.05) is 28.1 Å². The van der Waals surface area contributed by atoms with Crippen LogP contribution in [0.25, 0.3) is 0 Å². The number of nitrogens with one attached hydrogen (secondary N) is 1. The van der Waals surface area contributed by atoms with E-state index >= 15 is 0 Å². The Bertz CT molecular complexity index is 574. The fraction of sp³-hybridized carbons (Fsp3) is 0.462. The lowest BCUT2D eigenvalue weighted by Gasteiger charge is -2.24. The van der Waals surface area contributed by atoms with Gasteiger partial charge in [-0.15, -0.1) is 12.4 Å². The first kappa shape index (κ1) is 20.4. The van der Waals surface area contributed by atoms with E-state index in [9.17, 15) is 13.2 Å². The van der Waals surface area contributed by atoms with Crippen LogP contribution in [0.5, 0.6) is 0 Å². The number of halogens is 2. The van der Waals surface area contributed by atoms with E-state index in [2.05, 4.69) is 21.2 Å². The third-order valence-corrected chi connectivity index (χ3v) is 4.64. The smallest absolute Gasteiger partial charge is 0.235 e. The van der Waals surface area contributed by atoms with Crippen LogP contribution in [0.4, 0.5) is 0 Å². The summed E-state index contributed by atoms with van der Waals surface area (Å²) in [4.78, 5) is 11.7. The Morgan fingerprint density at radius 1 is 1.29 bits per heavy atom. The minimum absolute atomic E-state index is 0. The molecule has 0 aliphatic carbocycles. The molecule has 0 saturated heterocycles. The molecule has 0 saturated carbocycles. The largest absolute Gasteiger partial charge is 0.349 e. The number of benzene rings is 1. The van der Waals surface area contributed by atoms with E-state index in [1.807, 2.05) is 0 Å². The second-order valence-corrected chi connectivity index (χ2v) is 8.28. The molecule has 3 N–H and O–H groups in total. The van der Waals surface area contributed by atoms with Crippen LogP contribution in [-0.2, 0) is 20.4 Å². The van der Waals surface area contributed by atoms with Crippen molar-refractivity contribution < 1.29 is 13.2 Å². The molecule has 0 bridgehead atoms. The molecule has 1 rings (SSSR count). The van der Waals surface area contributed by atoms with Crippen molar-refractivity contribution >= 4 is 44.1 Å². The van der Waals surface area contributed by atoms with Crippen LogP contribution in [0.3, 0.4) is 0 Å². The Morgan fingerprint density at radius 2 is 1.81 bits per heavy atom. The van der Waals surface area contributed by atoms with Crippen LogP contribution in [0.2, 0.25) is 0 Å². The summed E-state index contributed by atoms with van der Waals surface area (Å²) in [6.45, 7) is 3.73. The van der Waals surface area contributed by atoms with Gasteiger partial charge in [0.05, 0.1) is 5.75 Å². The molecular formula is C13H20BrClN2O3S. The van der Waals surface area contributed by atoms with Gasteiger partial charge in [0.2, 0.25) is 5.91 Å². The van der Waals surface area contributed by atoms with E-state index in [0.29, 0.717) is 5.56 Å². The van der Waals surface area contributed by atoms with Gasteiger partial charge in [-0.05, 0) is 31.5 Å². The highest BCUT2D eigenvalue weighted by Crippen LogP contribution is 2.13. The molecule has 0 aliphatic rings. The Balaban J connectivity index is 0.00000400. The zero-order valence-electron chi connectivity index (χ0n) is 11.9. The van der Waals surface area contributed by atoms with Crippen LogP contribution >= 0.6 is 28.3 Å². The zero-order chi connectivity index (χ0) is 15.4. The fourth-order valence-electron chi connectivity index (χ4n) is 1.55. The molecule has 21 heavy (non-hydrogen) atoms. The Hall–Kier alpha value is -0.630. The molecule has 0 unspecified atom stereocenters. The maximum atomic E-state index is 12.0. The second-order valence-electron chi connectivity index (χ2n) is 5.29. The predicted molar refractivity (Wildman–Crippen MR) is 90.2 cm³/mol. The monoisotopic (exact) mass is 398 g/mol. The standard InChI is InChI=1S/C13H19BrN2O3S.ClH/c1-13(2,9-15)16-12(17)8-20(18,19)7-10-3-5-11(14)6-4-10;/h3-6H,7-9,15H2,1-2H3,(H,16,17);1H. The summed E-state index contributed by atoms with van der Waals surface area (Å²) in [5.41, 5.74) is 5.53. The predicted octanol–water partition coefficient (Wildman–Crippen LogP) is 1.64. The third kappa shape index (κ3) is 7.80. The third-order valence-electron chi connectivity index (χ3n) is 2.64.